The first-order valence-electron chi connectivity index (χ1n) is 10.1. The first-order chi connectivity index (χ1) is 13.1. The highest BCUT2D eigenvalue weighted by Gasteiger charge is 2.20. The Labute approximate surface area is 159 Å². The Hall–Kier alpha value is -2.11. The van der Waals surface area contributed by atoms with Crippen LogP contribution in [0.25, 0.3) is 21.9 Å². The smallest absolute Gasteiger partial charge is 0.336 e. The fraction of sp³-hybridized carbons (Fsp3) is 0.500. The molecular formula is C22H30N2O3. The second kappa shape index (κ2) is 8.72. The van der Waals surface area contributed by atoms with Crippen LogP contribution in [0.3, 0.4) is 0 Å². The van der Waals surface area contributed by atoms with Crippen molar-refractivity contribution in [3.8, 4) is 0 Å². The Morgan fingerprint density at radius 1 is 0.926 bits per heavy atom. The van der Waals surface area contributed by atoms with Crippen molar-refractivity contribution < 1.29 is 8.83 Å². The number of nitrogens with one attached hydrogen (secondary N) is 1. The van der Waals surface area contributed by atoms with E-state index in [-0.39, 0.29) is 5.63 Å². The van der Waals surface area contributed by atoms with Crippen molar-refractivity contribution >= 4 is 21.9 Å². The van der Waals surface area contributed by atoms with Gasteiger partial charge in [-0.15, -0.1) is 0 Å². The van der Waals surface area contributed by atoms with Crippen molar-refractivity contribution in [2.24, 2.45) is 5.73 Å². The predicted molar refractivity (Wildman–Crippen MR) is 110 cm³/mol. The first-order valence-corrected chi connectivity index (χ1v) is 10.1. The van der Waals surface area contributed by atoms with Gasteiger partial charge < -0.3 is 19.9 Å². The molecule has 2 aromatic heterocycles. The van der Waals surface area contributed by atoms with Gasteiger partial charge in [0.15, 0.2) is 0 Å². The molecule has 0 unspecified atom stereocenters. The molecule has 0 saturated heterocycles. The van der Waals surface area contributed by atoms with Crippen LogP contribution in [0.5, 0.6) is 0 Å². The molecular weight excluding hydrogens is 340 g/mol. The van der Waals surface area contributed by atoms with Crippen molar-refractivity contribution in [3.63, 3.8) is 0 Å². The molecule has 0 spiro atoms. The largest absolute Gasteiger partial charge is 0.460 e. The van der Waals surface area contributed by atoms with E-state index >= 15 is 0 Å². The molecule has 0 aliphatic carbocycles. The standard InChI is InChI=1S/C22H30N2O3/c1-4-14-11-20(25)27-21-15(5-2)22-17(12-16(14)21)18(19(6-3)26-22)13-24-10-8-7-9-23/h11-12,24H,4-10,13,23H2,1-3H3. The van der Waals surface area contributed by atoms with Crippen LogP contribution in [0.2, 0.25) is 0 Å². The van der Waals surface area contributed by atoms with E-state index in [9.17, 15) is 4.79 Å². The lowest BCUT2D eigenvalue weighted by Crippen LogP contribution is -2.16. The predicted octanol–water partition coefficient (Wildman–Crippen LogP) is 4.05. The second-order valence-corrected chi connectivity index (χ2v) is 6.94. The number of hydrogen-bond donors (Lipinski definition) is 2. The van der Waals surface area contributed by atoms with Crippen LogP contribution >= 0.6 is 0 Å². The fourth-order valence-electron chi connectivity index (χ4n) is 3.79. The van der Waals surface area contributed by atoms with Gasteiger partial charge in [-0.25, -0.2) is 4.79 Å². The van der Waals surface area contributed by atoms with Gasteiger partial charge >= 0.3 is 5.63 Å². The summed E-state index contributed by atoms with van der Waals surface area (Å²) in [5, 5.41) is 5.68. The van der Waals surface area contributed by atoms with Gasteiger partial charge in [0, 0.05) is 40.9 Å². The molecule has 0 aliphatic rings. The van der Waals surface area contributed by atoms with Gasteiger partial charge in [-0.2, -0.15) is 0 Å². The van der Waals surface area contributed by atoms with Crippen LogP contribution in [0.15, 0.2) is 25.8 Å². The summed E-state index contributed by atoms with van der Waals surface area (Å²) in [6, 6.07) is 3.75. The minimum absolute atomic E-state index is 0.294. The van der Waals surface area contributed by atoms with Gasteiger partial charge in [0.1, 0.15) is 16.9 Å². The van der Waals surface area contributed by atoms with E-state index in [1.807, 2.05) is 0 Å². The number of benzene rings is 1. The molecule has 0 atom stereocenters. The normalized spacial score (nSPS) is 11.7. The topological polar surface area (TPSA) is 81.4 Å². The Morgan fingerprint density at radius 3 is 2.37 bits per heavy atom. The molecule has 1 aromatic carbocycles. The number of fused-ring (bicyclic) bond motifs is 2. The van der Waals surface area contributed by atoms with Crippen molar-refractivity contribution in [2.75, 3.05) is 13.1 Å². The van der Waals surface area contributed by atoms with Crippen molar-refractivity contribution in [3.05, 3.63) is 45.0 Å². The molecule has 3 N–H and O–H groups in total. The molecule has 0 aliphatic heterocycles. The van der Waals surface area contributed by atoms with Crippen LogP contribution in [0.1, 0.15) is 56.1 Å². The Balaban J connectivity index is 2.15. The van der Waals surface area contributed by atoms with Gasteiger partial charge in [-0.1, -0.05) is 20.8 Å². The van der Waals surface area contributed by atoms with Gasteiger partial charge in [-0.05, 0) is 50.4 Å². The maximum Gasteiger partial charge on any atom is 0.336 e. The number of hydrogen-bond acceptors (Lipinski definition) is 5. The summed E-state index contributed by atoms with van der Waals surface area (Å²) in [4.78, 5) is 12.0. The van der Waals surface area contributed by atoms with E-state index in [1.165, 1.54) is 5.56 Å². The SMILES string of the molecule is CCc1oc2c(CC)c3oc(=O)cc(CC)c3cc2c1CNCCCCN. The first kappa shape index (κ1) is 19.6. The zero-order valence-corrected chi connectivity index (χ0v) is 16.6. The molecule has 3 rings (SSSR count). The van der Waals surface area contributed by atoms with Crippen molar-refractivity contribution in [1.82, 2.24) is 5.32 Å². The summed E-state index contributed by atoms with van der Waals surface area (Å²) in [5.74, 6) is 1.00. The lowest BCUT2D eigenvalue weighted by atomic mass is 9.98. The molecule has 0 amide bonds. The number of furan rings is 1. The highest BCUT2D eigenvalue weighted by Crippen LogP contribution is 2.35. The maximum absolute atomic E-state index is 12.0. The van der Waals surface area contributed by atoms with Gasteiger partial charge in [0.05, 0.1) is 0 Å². The van der Waals surface area contributed by atoms with Crippen LogP contribution in [-0.4, -0.2) is 13.1 Å². The maximum atomic E-state index is 12.0. The molecule has 5 nitrogen and oxygen atoms in total. The van der Waals surface area contributed by atoms with Crippen LogP contribution < -0.4 is 16.7 Å². The number of nitrogens with two attached hydrogens (primary N) is 1. The van der Waals surface area contributed by atoms with Crippen molar-refractivity contribution in [1.29, 1.82) is 0 Å². The number of unbranched alkanes of at least 4 members (excludes halogenated alkanes) is 1. The number of aryl methyl sites for hydroxylation is 3. The van der Waals surface area contributed by atoms with Crippen LogP contribution in [0.4, 0.5) is 0 Å². The Bertz CT molecular complexity index is 985. The molecule has 0 fully saturated rings. The lowest BCUT2D eigenvalue weighted by Gasteiger charge is -2.09. The highest BCUT2D eigenvalue weighted by atomic mass is 16.4. The summed E-state index contributed by atoms with van der Waals surface area (Å²) in [6.45, 7) is 8.69. The van der Waals surface area contributed by atoms with Crippen molar-refractivity contribution in [2.45, 2.75) is 59.4 Å². The van der Waals surface area contributed by atoms with E-state index in [4.69, 9.17) is 14.6 Å². The highest BCUT2D eigenvalue weighted by molar-refractivity contribution is 6.00. The second-order valence-electron chi connectivity index (χ2n) is 6.94. The lowest BCUT2D eigenvalue weighted by molar-refractivity contribution is 0.533. The molecule has 0 radical (unpaired) electrons. The Morgan fingerprint density at radius 2 is 1.70 bits per heavy atom. The summed E-state index contributed by atoms with van der Waals surface area (Å²) in [5.41, 5.74) is 10.0. The van der Waals surface area contributed by atoms with E-state index in [0.717, 1.165) is 85.0 Å². The average molecular weight is 370 g/mol. The number of rotatable bonds is 9. The molecule has 2 heterocycles. The Kier molecular flexibility index (Phi) is 6.34. The van der Waals surface area contributed by atoms with Crippen LogP contribution in [0, 0.1) is 0 Å². The van der Waals surface area contributed by atoms with Gasteiger partial charge in [0.25, 0.3) is 0 Å². The van der Waals surface area contributed by atoms with E-state index in [1.54, 1.807) is 6.07 Å². The summed E-state index contributed by atoms with van der Waals surface area (Å²) in [6.07, 6.45) is 4.48. The molecule has 146 valence electrons. The minimum atomic E-state index is -0.294. The molecule has 0 bridgehead atoms. The summed E-state index contributed by atoms with van der Waals surface area (Å²) >= 11 is 0. The van der Waals surface area contributed by atoms with Crippen LogP contribution in [-0.2, 0) is 25.8 Å². The van der Waals surface area contributed by atoms with Gasteiger partial charge in [-0.3, -0.25) is 0 Å². The molecule has 27 heavy (non-hydrogen) atoms. The summed E-state index contributed by atoms with van der Waals surface area (Å²) in [7, 11) is 0. The third-order valence-corrected chi connectivity index (χ3v) is 5.22. The van der Waals surface area contributed by atoms with E-state index < -0.39 is 0 Å². The molecule has 0 saturated carbocycles. The van der Waals surface area contributed by atoms with Gasteiger partial charge in [0.2, 0.25) is 0 Å². The third-order valence-electron chi connectivity index (χ3n) is 5.22. The van der Waals surface area contributed by atoms with E-state index in [0.29, 0.717) is 5.58 Å². The quantitative estimate of drug-likeness (QED) is 0.438. The fourth-order valence-corrected chi connectivity index (χ4v) is 3.79. The monoisotopic (exact) mass is 370 g/mol. The zero-order chi connectivity index (χ0) is 19.4. The third kappa shape index (κ3) is 3.80. The van der Waals surface area contributed by atoms with E-state index in [2.05, 4.69) is 32.2 Å². The summed E-state index contributed by atoms with van der Waals surface area (Å²) < 4.78 is 11.8. The minimum Gasteiger partial charge on any atom is -0.460 e. The molecule has 3 aromatic rings. The average Bonchev–Trinajstić information content (AvgIpc) is 3.02. The zero-order valence-electron chi connectivity index (χ0n) is 16.6. The molecule has 5 heteroatoms.